The van der Waals surface area contributed by atoms with Crippen molar-refractivity contribution in [2.75, 3.05) is 19.9 Å². The van der Waals surface area contributed by atoms with Gasteiger partial charge < -0.3 is 19.7 Å². The van der Waals surface area contributed by atoms with Crippen molar-refractivity contribution in [3.63, 3.8) is 0 Å². The molecular weight excluding hydrogens is 348 g/mol. The van der Waals surface area contributed by atoms with Crippen LogP contribution in [0.3, 0.4) is 0 Å². The maximum atomic E-state index is 13.4. The highest BCUT2D eigenvalue weighted by molar-refractivity contribution is 7.07. The number of fused-ring (bicyclic) bond motifs is 1. The van der Waals surface area contributed by atoms with Crippen molar-refractivity contribution in [2.24, 2.45) is 5.41 Å². The molecule has 1 aliphatic carbocycles. The Kier molecular flexibility index (Phi) is 3.90. The second-order valence-corrected chi connectivity index (χ2v) is 8.25. The zero-order valence-corrected chi connectivity index (χ0v) is 15.4. The molecule has 2 aromatic rings. The molecule has 1 aromatic heterocycles. The molecule has 1 aromatic carbocycles. The van der Waals surface area contributed by atoms with Crippen LogP contribution in [0.25, 0.3) is 0 Å². The number of rotatable bonds is 4. The first-order valence-electron chi connectivity index (χ1n) is 9.18. The third-order valence-electron chi connectivity index (χ3n) is 5.94. The molecular formula is C20H22N2O3S. The summed E-state index contributed by atoms with van der Waals surface area (Å²) in [7, 11) is 0. The van der Waals surface area contributed by atoms with Crippen LogP contribution < -0.4 is 14.8 Å². The largest absolute Gasteiger partial charge is 0.454 e. The van der Waals surface area contributed by atoms with E-state index >= 15 is 0 Å². The molecule has 2 fully saturated rings. The van der Waals surface area contributed by atoms with Crippen LogP contribution in [0.5, 0.6) is 11.5 Å². The number of thiophene rings is 1. The minimum Gasteiger partial charge on any atom is -0.454 e. The number of carbonyl (C=O) groups excluding carboxylic acids is 1. The van der Waals surface area contributed by atoms with E-state index in [9.17, 15) is 4.79 Å². The number of benzene rings is 1. The van der Waals surface area contributed by atoms with Gasteiger partial charge in [-0.25, -0.2) is 0 Å². The molecule has 1 spiro atoms. The lowest BCUT2D eigenvalue weighted by Crippen LogP contribution is -2.39. The van der Waals surface area contributed by atoms with Crippen LogP contribution in [0.15, 0.2) is 35.0 Å². The van der Waals surface area contributed by atoms with Gasteiger partial charge in [0.05, 0.1) is 0 Å². The predicted octanol–water partition coefficient (Wildman–Crippen LogP) is 3.26. The minimum absolute atomic E-state index is 0.0925. The highest BCUT2D eigenvalue weighted by Gasteiger charge is 2.57. The zero-order chi connectivity index (χ0) is 17.6. The first kappa shape index (κ1) is 16.1. The van der Waals surface area contributed by atoms with Gasteiger partial charge in [0.2, 0.25) is 6.79 Å². The summed E-state index contributed by atoms with van der Waals surface area (Å²) in [6.07, 6.45) is 3.44. The Labute approximate surface area is 156 Å². The van der Waals surface area contributed by atoms with E-state index in [0.717, 1.165) is 32.4 Å². The first-order chi connectivity index (χ1) is 12.8. The SMILES string of the molecule is O=C(c1ccc2c(c1)OCO2)N(Cc1ccsc1)C1CC12CCNCC2. The fourth-order valence-corrected chi connectivity index (χ4v) is 4.99. The monoisotopic (exact) mass is 370 g/mol. The van der Waals surface area contributed by atoms with E-state index in [4.69, 9.17) is 9.47 Å². The van der Waals surface area contributed by atoms with Crippen LogP contribution in [-0.4, -0.2) is 36.7 Å². The molecule has 1 atom stereocenters. The van der Waals surface area contributed by atoms with Gasteiger partial charge >= 0.3 is 0 Å². The third-order valence-corrected chi connectivity index (χ3v) is 6.67. The van der Waals surface area contributed by atoms with E-state index in [1.54, 1.807) is 11.3 Å². The minimum atomic E-state index is 0.0925. The van der Waals surface area contributed by atoms with Gasteiger partial charge in [-0.3, -0.25) is 4.79 Å². The first-order valence-corrected chi connectivity index (χ1v) is 10.1. The van der Waals surface area contributed by atoms with Crippen LogP contribution in [0.1, 0.15) is 35.2 Å². The van der Waals surface area contributed by atoms with E-state index < -0.39 is 0 Å². The lowest BCUT2D eigenvalue weighted by atomic mass is 9.93. The van der Waals surface area contributed by atoms with Crippen LogP contribution in [-0.2, 0) is 6.54 Å². The Morgan fingerprint density at radius 1 is 1.23 bits per heavy atom. The third kappa shape index (κ3) is 2.77. The highest BCUT2D eigenvalue weighted by atomic mass is 32.1. The Bertz CT molecular complexity index is 814. The molecule has 1 saturated carbocycles. The molecule has 2 aliphatic heterocycles. The second-order valence-electron chi connectivity index (χ2n) is 7.46. The Morgan fingerprint density at radius 3 is 2.88 bits per heavy atom. The number of nitrogens with zero attached hydrogens (tertiary/aromatic N) is 1. The topological polar surface area (TPSA) is 50.8 Å². The molecule has 6 heteroatoms. The fourth-order valence-electron chi connectivity index (χ4n) is 4.33. The van der Waals surface area contributed by atoms with E-state index in [-0.39, 0.29) is 12.7 Å². The molecule has 1 amide bonds. The average molecular weight is 370 g/mol. The second kappa shape index (κ2) is 6.28. The van der Waals surface area contributed by atoms with Crippen LogP contribution in [0, 0.1) is 5.41 Å². The van der Waals surface area contributed by atoms with Crippen molar-refractivity contribution in [3.8, 4) is 11.5 Å². The predicted molar refractivity (Wildman–Crippen MR) is 99.7 cm³/mol. The Balaban J connectivity index is 1.43. The molecule has 0 bridgehead atoms. The van der Waals surface area contributed by atoms with Gasteiger partial charge in [0.1, 0.15) is 0 Å². The molecule has 5 nitrogen and oxygen atoms in total. The number of amides is 1. The molecule has 5 rings (SSSR count). The number of hydrogen-bond acceptors (Lipinski definition) is 5. The van der Waals surface area contributed by atoms with E-state index in [1.165, 1.54) is 5.56 Å². The van der Waals surface area contributed by atoms with Crippen molar-refractivity contribution in [2.45, 2.75) is 31.8 Å². The summed E-state index contributed by atoms with van der Waals surface area (Å²) in [5, 5.41) is 7.65. The van der Waals surface area contributed by atoms with Gasteiger partial charge in [-0.2, -0.15) is 11.3 Å². The quantitative estimate of drug-likeness (QED) is 0.898. The van der Waals surface area contributed by atoms with Gasteiger partial charge in [0, 0.05) is 18.2 Å². The van der Waals surface area contributed by atoms with E-state index in [1.807, 2.05) is 18.2 Å². The standard InChI is InChI=1S/C20H22N2O3S/c23-19(15-1-2-16-17(9-15)25-13-24-16)22(11-14-3-8-26-12-14)18-10-20(18)4-6-21-7-5-20/h1-3,8-9,12,18,21H,4-7,10-11,13H2. The van der Waals surface area contributed by atoms with Crippen molar-refractivity contribution < 1.29 is 14.3 Å². The summed E-state index contributed by atoms with van der Waals surface area (Å²) in [5.41, 5.74) is 2.20. The number of ether oxygens (including phenoxy) is 2. The lowest BCUT2D eigenvalue weighted by molar-refractivity contribution is 0.0692. The average Bonchev–Trinajstić information content (AvgIpc) is 3.08. The molecule has 1 unspecified atom stereocenters. The van der Waals surface area contributed by atoms with E-state index in [2.05, 4.69) is 27.0 Å². The smallest absolute Gasteiger partial charge is 0.254 e. The summed E-state index contributed by atoms with van der Waals surface area (Å²) in [6.45, 7) is 3.02. The molecule has 1 N–H and O–H groups in total. The lowest BCUT2D eigenvalue weighted by Gasteiger charge is -2.29. The Hall–Kier alpha value is -2.05. The molecule has 1 saturated heterocycles. The van der Waals surface area contributed by atoms with Crippen LogP contribution >= 0.6 is 11.3 Å². The fraction of sp³-hybridized carbons (Fsp3) is 0.450. The Morgan fingerprint density at radius 2 is 2.08 bits per heavy atom. The number of carbonyl (C=O) groups is 1. The van der Waals surface area contributed by atoms with Crippen molar-refractivity contribution in [1.29, 1.82) is 0 Å². The maximum absolute atomic E-state index is 13.4. The summed E-state index contributed by atoms with van der Waals surface area (Å²) >= 11 is 1.68. The summed E-state index contributed by atoms with van der Waals surface area (Å²) < 4.78 is 10.8. The van der Waals surface area contributed by atoms with Crippen LogP contribution in [0.4, 0.5) is 0 Å². The van der Waals surface area contributed by atoms with Gasteiger partial charge in [-0.15, -0.1) is 0 Å². The van der Waals surface area contributed by atoms with Gasteiger partial charge in [-0.1, -0.05) is 0 Å². The molecule has 26 heavy (non-hydrogen) atoms. The van der Waals surface area contributed by atoms with E-state index in [0.29, 0.717) is 35.1 Å². The van der Waals surface area contributed by atoms with Gasteiger partial charge in [0.25, 0.3) is 5.91 Å². The van der Waals surface area contributed by atoms with Crippen LogP contribution in [0.2, 0.25) is 0 Å². The highest BCUT2D eigenvalue weighted by Crippen LogP contribution is 2.56. The molecule has 3 aliphatic rings. The summed E-state index contributed by atoms with van der Waals surface area (Å²) in [6, 6.07) is 7.96. The summed E-state index contributed by atoms with van der Waals surface area (Å²) in [4.78, 5) is 15.5. The number of nitrogens with one attached hydrogen (secondary N) is 1. The van der Waals surface area contributed by atoms with Gasteiger partial charge in [-0.05, 0) is 78.4 Å². The summed E-state index contributed by atoms with van der Waals surface area (Å²) in [5.74, 6) is 1.47. The number of hydrogen-bond donors (Lipinski definition) is 1. The maximum Gasteiger partial charge on any atom is 0.254 e. The van der Waals surface area contributed by atoms with Crippen molar-refractivity contribution in [3.05, 3.63) is 46.2 Å². The number of piperidine rings is 1. The van der Waals surface area contributed by atoms with Crippen molar-refractivity contribution in [1.82, 2.24) is 10.2 Å². The van der Waals surface area contributed by atoms with Gasteiger partial charge in [0.15, 0.2) is 11.5 Å². The zero-order valence-electron chi connectivity index (χ0n) is 14.6. The van der Waals surface area contributed by atoms with Crippen molar-refractivity contribution >= 4 is 17.2 Å². The molecule has 0 radical (unpaired) electrons. The normalized spacial score (nSPS) is 22.4. The molecule has 136 valence electrons. The molecule has 3 heterocycles.